The van der Waals surface area contributed by atoms with Gasteiger partial charge in [-0.15, -0.1) is 0 Å². The van der Waals surface area contributed by atoms with Gasteiger partial charge in [0, 0.05) is 44.2 Å². The summed E-state index contributed by atoms with van der Waals surface area (Å²) in [6, 6.07) is 15.8. The Labute approximate surface area is 181 Å². The molecule has 156 valence electrons. The van der Waals surface area contributed by atoms with Crippen LogP contribution in [0.4, 0.5) is 0 Å². The first kappa shape index (κ1) is 20.8. The van der Waals surface area contributed by atoms with E-state index in [0.717, 1.165) is 16.6 Å². The molecule has 1 saturated heterocycles. The molecule has 0 N–H and O–H groups in total. The number of hydrogen-bond acceptors (Lipinski definition) is 4. The van der Waals surface area contributed by atoms with Crippen LogP contribution in [0, 0.1) is 0 Å². The van der Waals surface area contributed by atoms with Crippen molar-refractivity contribution in [2.75, 3.05) is 27.2 Å². The van der Waals surface area contributed by atoms with Gasteiger partial charge in [-0.3, -0.25) is 9.78 Å². The Balaban J connectivity index is 1.69. The lowest BCUT2D eigenvalue weighted by atomic mass is 9.99. The minimum atomic E-state index is -3.69. The Morgan fingerprint density at radius 2 is 1.83 bits per heavy atom. The van der Waals surface area contributed by atoms with Gasteiger partial charge in [-0.05, 0) is 30.7 Å². The molecule has 1 aliphatic heterocycles. The summed E-state index contributed by atoms with van der Waals surface area (Å²) < 4.78 is 27.6. The number of sulfonamides is 1. The summed E-state index contributed by atoms with van der Waals surface area (Å²) in [6.45, 7) is 0.679. The Kier molecular flexibility index (Phi) is 5.53. The van der Waals surface area contributed by atoms with Gasteiger partial charge >= 0.3 is 0 Å². The third kappa shape index (κ3) is 3.69. The average molecular weight is 444 g/mol. The van der Waals surface area contributed by atoms with Gasteiger partial charge in [-0.2, -0.15) is 4.31 Å². The predicted molar refractivity (Wildman–Crippen MR) is 117 cm³/mol. The Morgan fingerprint density at radius 1 is 1.13 bits per heavy atom. The number of carbonyl (C=O) groups is 1. The van der Waals surface area contributed by atoms with Gasteiger partial charge in [0.15, 0.2) is 0 Å². The fourth-order valence-corrected chi connectivity index (χ4v) is 5.80. The minimum absolute atomic E-state index is 0.0967. The lowest BCUT2D eigenvalue weighted by Gasteiger charge is -2.18. The molecule has 1 atom stereocenters. The van der Waals surface area contributed by atoms with Crippen molar-refractivity contribution in [3.63, 3.8) is 0 Å². The van der Waals surface area contributed by atoms with Crippen LogP contribution in [0.15, 0.2) is 59.5 Å². The molecule has 4 rings (SSSR count). The molecule has 30 heavy (non-hydrogen) atoms. The molecule has 1 fully saturated rings. The summed E-state index contributed by atoms with van der Waals surface area (Å²) in [5.41, 5.74) is 2.04. The van der Waals surface area contributed by atoms with Crippen molar-refractivity contribution in [2.45, 2.75) is 17.2 Å². The molecule has 0 radical (unpaired) electrons. The second-order valence-corrected chi connectivity index (χ2v) is 9.90. The Morgan fingerprint density at radius 3 is 2.57 bits per heavy atom. The normalized spacial score (nSPS) is 17.4. The molecule has 6 nitrogen and oxygen atoms in total. The molecule has 0 unspecified atom stereocenters. The van der Waals surface area contributed by atoms with E-state index in [1.54, 1.807) is 38.4 Å². The number of halogens is 1. The van der Waals surface area contributed by atoms with Crippen molar-refractivity contribution < 1.29 is 13.2 Å². The number of para-hydroxylation sites is 1. The molecule has 1 amide bonds. The van der Waals surface area contributed by atoms with Crippen LogP contribution < -0.4 is 0 Å². The van der Waals surface area contributed by atoms with Crippen molar-refractivity contribution in [1.29, 1.82) is 0 Å². The van der Waals surface area contributed by atoms with Crippen LogP contribution in [-0.2, 0) is 10.0 Å². The maximum atomic E-state index is 13.1. The summed E-state index contributed by atoms with van der Waals surface area (Å²) >= 11 is 6.13. The zero-order valence-corrected chi connectivity index (χ0v) is 18.3. The third-order valence-electron chi connectivity index (χ3n) is 5.40. The van der Waals surface area contributed by atoms with E-state index in [-0.39, 0.29) is 21.7 Å². The first-order valence-electron chi connectivity index (χ1n) is 9.65. The van der Waals surface area contributed by atoms with Crippen LogP contribution in [0.3, 0.4) is 0 Å². The van der Waals surface area contributed by atoms with E-state index >= 15 is 0 Å². The molecule has 0 spiro atoms. The van der Waals surface area contributed by atoms with Crippen LogP contribution in [0.1, 0.15) is 28.4 Å². The lowest BCUT2D eigenvalue weighted by Crippen LogP contribution is -2.29. The highest BCUT2D eigenvalue weighted by Crippen LogP contribution is 2.34. The van der Waals surface area contributed by atoms with E-state index in [9.17, 15) is 13.2 Å². The number of fused-ring (bicyclic) bond motifs is 1. The molecule has 8 heteroatoms. The second kappa shape index (κ2) is 7.98. The standard InChI is InChI=1S/C22H22ClN3O3S/c1-25(2)22(27)17-13-20(24-19-9-5-3-7-16(17)19)15-11-12-26(14-15)30(28,29)21-10-6-4-8-18(21)23/h3-10,13,15H,11-12,14H2,1-2H3/t15-/m1/s1. The van der Waals surface area contributed by atoms with Crippen molar-refractivity contribution >= 4 is 38.4 Å². The van der Waals surface area contributed by atoms with Crippen molar-refractivity contribution in [2.24, 2.45) is 0 Å². The number of benzene rings is 2. The summed E-state index contributed by atoms with van der Waals surface area (Å²) in [5, 5.41) is 1.00. The topological polar surface area (TPSA) is 70.6 Å². The first-order chi connectivity index (χ1) is 14.3. The minimum Gasteiger partial charge on any atom is -0.345 e. The summed E-state index contributed by atoms with van der Waals surface area (Å²) in [7, 11) is -0.268. The monoisotopic (exact) mass is 443 g/mol. The highest BCUT2D eigenvalue weighted by molar-refractivity contribution is 7.89. The molecule has 0 bridgehead atoms. The zero-order chi connectivity index (χ0) is 21.5. The van der Waals surface area contributed by atoms with E-state index in [4.69, 9.17) is 16.6 Å². The van der Waals surface area contributed by atoms with Crippen LogP contribution >= 0.6 is 11.6 Å². The maximum absolute atomic E-state index is 13.1. The van der Waals surface area contributed by atoms with Gasteiger partial charge in [-0.1, -0.05) is 41.9 Å². The molecule has 1 aromatic heterocycles. The summed E-state index contributed by atoms with van der Waals surface area (Å²) in [6.07, 6.45) is 0.630. The highest BCUT2D eigenvalue weighted by atomic mass is 35.5. The van der Waals surface area contributed by atoms with Crippen LogP contribution in [0.2, 0.25) is 5.02 Å². The molecule has 2 heterocycles. The van der Waals surface area contributed by atoms with Crippen LogP contribution in [0.25, 0.3) is 10.9 Å². The fraction of sp³-hybridized carbons (Fsp3) is 0.273. The number of rotatable bonds is 4. The second-order valence-electron chi connectivity index (χ2n) is 7.59. The summed E-state index contributed by atoms with van der Waals surface area (Å²) in [4.78, 5) is 19.1. The van der Waals surface area contributed by atoms with Gasteiger partial charge in [0.1, 0.15) is 4.90 Å². The van der Waals surface area contributed by atoms with Gasteiger partial charge in [0.05, 0.1) is 16.1 Å². The van der Waals surface area contributed by atoms with Gasteiger partial charge < -0.3 is 4.90 Å². The van der Waals surface area contributed by atoms with Crippen molar-refractivity contribution in [3.8, 4) is 0 Å². The predicted octanol–water partition coefficient (Wildman–Crippen LogP) is 3.77. The molecule has 1 aliphatic rings. The molecule has 3 aromatic rings. The number of aromatic nitrogens is 1. The number of nitrogens with zero attached hydrogens (tertiary/aromatic N) is 3. The Bertz CT molecular complexity index is 1230. The highest BCUT2D eigenvalue weighted by Gasteiger charge is 2.35. The molecule has 2 aromatic carbocycles. The summed E-state index contributed by atoms with van der Waals surface area (Å²) in [5.74, 6) is -0.200. The number of amides is 1. The number of carbonyl (C=O) groups excluding carboxylic acids is 1. The maximum Gasteiger partial charge on any atom is 0.254 e. The van der Waals surface area contributed by atoms with Crippen molar-refractivity contribution in [3.05, 3.63) is 70.9 Å². The lowest BCUT2D eigenvalue weighted by molar-refractivity contribution is 0.0829. The van der Waals surface area contributed by atoms with Crippen molar-refractivity contribution in [1.82, 2.24) is 14.2 Å². The van der Waals surface area contributed by atoms with Gasteiger partial charge in [-0.25, -0.2) is 8.42 Å². The largest absolute Gasteiger partial charge is 0.345 e. The van der Waals surface area contributed by atoms with E-state index in [1.165, 1.54) is 15.3 Å². The average Bonchev–Trinajstić information content (AvgIpc) is 3.24. The van der Waals surface area contributed by atoms with E-state index in [2.05, 4.69) is 0 Å². The van der Waals surface area contributed by atoms with E-state index in [0.29, 0.717) is 25.1 Å². The Hall–Kier alpha value is -2.48. The SMILES string of the molecule is CN(C)C(=O)c1cc([C@@H]2CCN(S(=O)(=O)c3ccccc3Cl)C2)nc2ccccc12. The van der Waals surface area contributed by atoms with Gasteiger partial charge in [0.25, 0.3) is 5.91 Å². The molecular formula is C22H22ClN3O3S. The molecular weight excluding hydrogens is 422 g/mol. The smallest absolute Gasteiger partial charge is 0.254 e. The third-order valence-corrected chi connectivity index (χ3v) is 7.76. The zero-order valence-electron chi connectivity index (χ0n) is 16.7. The molecule has 0 saturated carbocycles. The van der Waals surface area contributed by atoms with Crippen LogP contribution in [0.5, 0.6) is 0 Å². The number of hydrogen-bond donors (Lipinski definition) is 0. The van der Waals surface area contributed by atoms with Crippen LogP contribution in [-0.4, -0.2) is 55.7 Å². The van der Waals surface area contributed by atoms with E-state index in [1.807, 2.05) is 24.3 Å². The van der Waals surface area contributed by atoms with E-state index < -0.39 is 10.0 Å². The first-order valence-corrected chi connectivity index (χ1v) is 11.5. The fourth-order valence-electron chi connectivity index (χ4n) is 3.80. The molecule has 0 aliphatic carbocycles. The quantitative estimate of drug-likeness (QED) is 0.615. The number of pyridine rings is 1. The van der Waals surface area contributed by atoms with Gasteiger partial charge in [0.2, 0.25) is 10.0 Å².